The quantitative estimate of drug-likeness (QED) is 0.835. The SMILES string of the molecule is Nc1c(F)cc(C(=O)NCc2ccccc2)cc1F. The van der Waals surface area contributed by atoms with Crippen molar-refractivity contribution in [3.05, 3.63) is 65.2 Å². The second kappa shape index (κ2) is 5.48. The molecule has 0 aliphatic carbocycles. The zero-order valence-electron chi connectivity index (χ0n) is 9.99. The maximum absolute atomic E-state index is 13.2. The summed E-state index contributed by atoms with van der Waals surface area (Å²) in [6, 6.07) is 11.0. The van der Waals surface area contributed by atoms with Gasteiger partial charge in [-0.15, -0.1) is 0 Å². The molecule has 3 N–H and O–H groups in total. The van der Waals surface area contributed by atoms with E-state index >= 15 is 0 Å². The van der Waals surface area contributed by atoms with E-state index in [1.807, 2.05) is 30.3 Å². The van der Waals surface area contributed by atoms with Gasteiger partial charge in [0, 0.05) is 12.1 Å². The molecule has 98 valence electrons. The Morgan fingerprint density at radius 1 is 1.11 bits per heavy atom. The first-order chi connectivity index (χ1) is 9.08. The Morgan fingerprint density at radius 3 is 2.26 bits per heavy atom. The maximum Gasteiger partial charge on any atom is 0.251 e. The summed E-state index contributed by atoms with van der Waals surface area (Å²) in [5, 5.41) is 2.58. The third-order valence-electron chi connectivity index (χ3n) is 2.64. The van der Waals surface area contributed by atoms with Gasteiger partial charge in [0.25, 0.3) is 5.91 Å². The van der Waals surface area contributed by atoms with Crippen LogP contribution in [0, 0.1) is 11.6 Å². The number of hydrogen-bond acceptors (Lipinski definition) is 2. The van der Waals surface area contributed by atoms with Crippen LogP contribution in [-0.4, -0.2) is 5.91 Å². The summed E-state index contributed by atoms with van der Waals surface area (Å²) in [5.41, 5.74) is 5.35. The van der Waals surface area contributed by atoms with E-state index in [-0.39, 0.29) is 12.1 Å². The summed E-state index contributed by atoms with van der Waals surface area (Å²) in [5.74, 6) is -2.43. The van der Waals surface area contributed by atoms with Gasteiger partial charge >= 0.3 is 0 Å². The van der Waals surface area contributed by atoms with Gasteiger partial charge in [0.05, 0.1) is 0 Å². The molecule has 0 heterocycles. The molecule has 2 rings (SSSR count). The number of halogens is 2. The highest BCUT2D eigenvalue weighted by Crippen LogP contribution is 2.17. The van der Waals surface area contributed by atoms with E-state index < -0.39 is 23.2 Å². The van der Waals surface area contributed by atoms with Crippen LogP contribution in [0.5, 0.6) is 0 Å². The van der Waals surface area contributed by atoms with Crippen LogP contribution in [0.3, 0.4) is 0 Å². The fraction of sp³-hybridized carbons (Fsp3) is 0.0714. The Balaban J connectivity index is 2.08. The molecule has 0 fully saturated rings. The Morgan fingerprint density at radius 2 is 1.68 bits per heavy atom. The molecule has 0 saturated carbocycles. The molecule has 0 atom stereocenters. The lowest BCUT2D eigenvalue weighted by Crippen LogP contribution is -2.23. The number of nitrogens with two attached hydrogens (primary N) is 1. The van der Waals surface area contributed by atoms with Gasteiger partial charge in [-0.05, 0) is 17.7 Å². The number of hydrogen-bond donors (Lipinski definition) is 2. The van der Waals surface area contributed by atoms with Crippen LogP contribution in [-0.2, 0) is 6.54 Å². The normalized spacial score (nSPS) is 10.2. The molecule has 0 aromatic heterocycles. The molecule has 2 aromatic rings. The highest BCUT2D eigenvalue weighted by Gasteiger charge is 2.12. The molecule has 5 heteroatoms. The Labute approximate surface area is 109 Å². The lowest BCUT2D eigenvalue weighted by molar-refractivity contribution is 0.0950. The number of carbonyl (C=O) groups is 1. The average molecular weight is 262 g/mol. The molecular weight excluding hydrogens is 250 g/mol. The molecule has 1 amide bonds. The van der Waals surface area contributed by atoms with Gasteiger partial charge in [0.15, 0.2) is 0 Å². The van der Waals surface area contributed by atoms with Gasteiger partial charge in [-0.25, -0.2) is 8.78 Å². The number of benzene rings is 2. The van der Waals surface area contributed by atoms with Crippen molar-refractivity contribution in [2.24, 2.45) is 0 Å². The molecular formula is C14H12F2N2O. The van der Waals surface area contributed by atoms with Gasteiger partial charge in [-0.2, -0.15) is 0 Å². The predicted octanol–water partition coefficient (Wildman–Crippen LogP) is 2.48. The van der Waals surface area contributed by atoms with E-state index in [2.05, 4.69) is 5.32 Å². The Kier molecular flexibility index (Phi) is 3.75. The fourth-order valence-corrected chi connectivity index (χ4v) is 1.60. The number of amides is 1. The molecule has 0 unspecified atom stereocenters. The van der Waals surface area contributed by atoms with Crippen LogP contribution in [0.1, 0.15) is 15.9 Å². The lowest BCUT2D eigenvalue weighted by Gasteiger charge is -2.07. The van der Waals surface area contributed by atoms with E-state index in [1.165, 1.54) is 0 Å². The summed E-state index contributed by atoms with van der Waals surface area (Å²) >= 11 is 0. The largest absolute Gasteiger partial charge is 0.394 e. The third-order valence-corrected chi connectivity index (χ3v) is 2.64. The lowest BCUT2D eigenvalue weighted by atomic mass is 10.1. The number of anilines is 1. The number of carbonyl (C=O) groups excluding carboxylic acids is 1. The summed E-state index contributed by atoms with van der Waals surface area (Å²) in [7, 11) is 0. The summed E-state index contributed by atoms with van der Waals surface area (Å²) in [4.78, 5) is 11.7. The van der Waals surface area contributed by atoms with E-state index in [1.54, 1.807) is 0 Å². The number of nitrogens with one attached hydrogen (secondary N) is 1. The van der Waals surface area contributed by atoms with E-state index in [0.29, 0.717) is 0 Å². The molecule has 0 radical (unpaired) electrons. The van der Waals surface area contributed by atoms with Crippen LogP contribution in [0.15, 0.2) is 42.5 Å². The fourth-order valence-electron chi connectivity index (χ4n) is 1.60. The number of nitrogen functional groups attached to an aromatic ring is 1. The summed E-state index contributed by atoms with van der Waals surface area (Å²) in [6.07, 6.45) is 0. The first-order valence-corrected chi connectivity index (χ1v) is 5.64. The minimum atomic E-state index is -0.940. The van der Waals surface area contributed by atoms with Gasteiger partial charge in [0.2, 0.25) is 0 Å². The second-order valence-corrected chi connectivity index (χ2v) is 4.02. The van der Waals surface area contributed by atoms with Gasteiger partial charge in [-0.1, -0.05) is 30.3 Å². The first kappa shape index (κ1) is 13.0. The van der Waals surface area contributed by atoms with Crippen molar-refractivity contribution in [1.29, 1.82) is 0 Å². The standard InChI is InChI=1S/C14H12F2N2O/c15-11-6-10(7-12(16)13(11)17)14(19)18-8-9-4-2-1-3-5-9/h1-7H,8,17H2,(H,18,19). The molecule has 0 spiro atoms. The molecule has 0 saturated heterocycles. The Hall–Kier alpha value is -2.43. The highest BCUT2D eigenvalue weighted by molar-refractivity contribution is 5.94. The monoisotopic (exact) mass is 262 g/mol. The van der Waals surface area contributed by atoms with Crippen molar-refractivity contribution in [2.75, 3.05) is 5.73 Å². The topological polar surface area (TPSA) is 55.1 Å². The van der Waals surface area contributed by atoms with Crippen LogP contribution in [0.25, 0.3) is 0 Å². The molecule has 2 aromatic carbocycles. The number of rotatable bonds is 3. The average Bonchev–Trinajstić information content (AvgIpc) is 2.42. The van der Waals surface area contributed by atoms with Crippen molar-refractivity contribution in [1.82, 2.24) is 5.32 Å². The molecule has 19 heavy (non-hydrogen) atoms. The van der Waals surface area contributed by atoms with Crippen LogP contribution in [0.4, 0.5) is 14.5 Å². The van der Waals surface area contributed by atoms with E-state index in [0.717, 1.165) is 17.7 Å². The van der Waals surface area contributed by atoms with Crippen molar-refractivity contribution < 1.29 is 13.6 Å². The van der Waals surface area contributed by atoms with Gasteiger partial charge in [0.1, 0.15) is 17.3 Å². The van der Waals surface area contributed by atoms with Crippen LogP contribution in [0.2, 0.25) is 0 Å². The van der Waals surface area contributed by atoms with Crippen molar-refractivity contribution in [3.63, 3.8) is 0 Å². The molecule has 0 aliphatic rings. The van der Waals surface area contributed by atoms with Crippen molar-refractivity contribution in [2.45, 2.75) is 6.54 Å². The zero-order chi connectivity index (χ0) is 13.8. The van der Waals surface area contributed by atoms with Crippen molar-refractivity contribution in [3.8, 4) is 0 Å². The third kappa shape index (κ3) is 3.07. The smallest absolute Gasteiger partial charge is 0.251 e. The minimum Gasteiger partial charge on any atom is -0.394 e. The highest BCUT2D eigenvalue weighted by atomic mass is 19.1. The van der Waals surface area contributed by atoms with E-state index in [4.69, 9.17) is 5.73 Å². The Bertz CT molecular complexity index is 577. The van der Waals surface area contributed by atoms with Crippen LogP contribution >= 0.6 is 0 Å². The summed E-state index contributed by atoms with van der Waals surface area (Å²) < 4.78 is 26.4. The maximum atomic E-state index is 13.2. The molecule has 0 aliphatic heterocycles. The predicted molar refractivity (Wildman–Crippen MR) is 68.4 cm³/mol. The van der Waals surface area contributed by atoms with Gasteiger partial charge < -0.3 is 11.1 Å². The first-order valence-electron chi connectivity index (χ1n) is 5.64. The van der Waals surface area contributed by atoms with Gasteiger partial charge in [-0.3, -0.25) is 4.79 Å². The van der Waals surface area contributed by atoms with Crippen molar-refractivity contribution >= 4 is 11.6 Å². The minimum absolute atomic E-state index is 0.0971. The van der Waals surface area contributed by atoms with E-state index in [9.17, 15) is 13.6 Å². The second-order valence-electron chi connectivity index (χ2n) is 4.02. The zero-order valence-corrected chi connectivity index (χ0v) is 9.99. The molecule has 0 bridgehead atoms. The van der Waals surface area contributed by atoms with Crippen LogP contribution < -0.4 is 11.1 Å². The molecule has 3 nitrogen and oxygen atoms in total. The summed E-state index contributed by atoms with van der Waals surface area (Å²) in [6.45, 7) is 0.285.